The largest absolute Gasteiger partial charge is 0.311 e. The first-order valence-corrected chi connectivity index (χ1v) is 18.1. The summed E-state index contributed by atoms with van der Waals surface area (Å²) in [7, 11) is -1.67. The lowest BCUT2D eigenvalue weighted by Gasteiger charge is -2.35. The highest BCUT2D eigenvalue weighted by molar-refractivity contribution is 6.84. The predicted octanol–water partition coefficient (Wildman–Crippen LogP) is 8.55. The van der Waals surface area contributed by atoms with Crippen LogP contribution in [0.3, 0.4) is 0 Å². The number of hydrogen-bond donors (Lipinski definition) is 0. The van der Waals surface area contributed by atoms with Crippen LogP contribution < -0.4 is 20.2 Å². The Hall–Kier alpha value is -3.87. The highest BCUT2D eigenvalue weighted by Crippen LogP contribution is 2.37. The van der Waals surface area contributed by atoms with Crippen LogP contribution in [0.25, 0.3) is 0 Å². The third kappa shape index (κ3) is 5.24. The quantitative estimate of drug-likeness (QED) is 0.187. The van der Waals surface area contributed by atoms with Crippen molar-refractivity contribution in [3.05, 3.63) is 133 Å². The number of nitrogens with zero attached hydrogens (tertiary/aromatic N) is 2. The average molecular weight is 527 g/mol. The predicted molar refractivity (Wildman–Crippen MR) is 170 cm³/mol. The zero-order valence-corrected chi connectivity index (χ0v) is 24.6. The Morgan fingerprint density at radius 2 is 0.579 bits per heavy atom. The van der Waals surface area contributed by atoms with Crippen LogP contribution in [-0.4, -0.2) is 17.6 Å². The fourth-order valence-corrected chi connectivity index (χ4v) is 9.30. The molecule has 5 aromatic carbocycles. The third-order valence-corrected chi connectivity index (χ3v) is 9.96. The molecule has 38 heavy (non-hydrogen) atoms. The van der Waals surface area contributed by atoms with Crippen molar-refractivity contribution in [3.63, 3.8) is 0 Å². The van der Waals surface area contributed by atoms with Crippen LogP contribution in [-0.2, 0) is 0 Å². The van der Waals surface area contributed by atoms with Crippen LogP contribution in [0.15, 0.2) is 133 Å². The number of rotatable bonds is 8. The molecule has 0 saturated heterocycles. The summed E-state index contributed by atoms with van der Waals surface area (Å²) in [5.41, 5.74) is 7.34. The van der Waals surface area contributed by atoms with Crippen LogP contribution in [0.1, 0.15) is 0 Å². The molecule has 0 aromatic heterocycles. The maximum absolute atomic E-state index is 2.44. The third-order valence-electron chi connectivity index (χ3n) is 6.70. The van der Waals surface area contributed by atoms with Gasteiger partial charge in [-0.15, -0.1) is 0 Å². The van der Waals surface area contributed by atoms with Crippen LogP contribution in [0.2, 0.25) is 26.2 Å². The highest BCUT2D eigenvalue weighted by Gasteiger charge is 2.27. The van der Waals surface area contributed by atoms with E-state index in [1.165, 1.54) is 44.5 Å². The Bertz CT molecular complexity index is 1260. The summed E-state index contributed by atoms with van der Waals surface area (Å²) in [5.74, 6) is 0. The molecular weight excluding hydrogens is 493 g/mol. The summed E-state index contributed by atoms with van der Waals surface area (Å²) in [4.78, 5) is 4.89. The van der Waals surface area contributed by atoms with E-state index >= 15 is 0 Å². The second-order valence-electron chi connectivity index (χ2n) is 9.87. The van der Waals surface area contributed by atoms with Crippen molar-refractivity contribution >= 4 is 62.1 Å². The Kier molecular flexibility index (Phi) is 7.92. The Morgan fingerprint density at radius 3 is 0.789 bits per heavy atom. The lowest BCUT2D eigenvalue weighted by atomic mass is 10.1. The van der Waals surface area contributed by atoms with E-state index in [4.69, 9.17) is 0 Å². The minimum atomic E-state index is -0.836. The monoisotopic (exact) mass is 526 g/mol. The molecule has 0 saturated carbocycles. The van der Waals surface area contributed by atoms with Gasteiger partial charge in [0.05, 0.1) is 17.6 Å². The minimum absolute atomic E-state index is 0.836. The summed E-state index contributed by atoms with van der Waals surface area (Å²) in [5, 5.41) is 3.05. The molecular formula is C34H34N2Si2. The molecule has 0 N–H and O–H groups in total. The highest BCUT2D eigenvalue weighted by atomic mass is 28.3. The zero-order chi connectivity index (χ0) is 26.5. The van der Waals surface area contributed by atoms with Gasteiger partial charge in [-0.2, -0.15) is 0 Å². The van der Waals surface area contributed by atoms with Gasteiger partial charge in [-0.25, -0.2) is 0 Å². The van der Waals surface area contributed by atoms with Crippen molar-refractivity contribution in [3.8, 4) is 0 Å². The van der Waals surface area contributed by atoms with Crippen LogP contribution in [0.5, 0.6) is 0 Å². The van der Waals surface area contributed by atoms with Crippen molar-refractivity contribution in [1.29, 1.82) is 0 Å². The van der Waals surface area contributed by atoms with Crippen LogP contribution in [0, 0.1) is 0 Å². The molecule has 0 bridgehead atoms. The number of anilines is 6. The lowest BCUT2D eigenvalue weighted by Crippen LogP contribution is -2.48. The normalized spacial score (nSPS) is 11.1. The second kappa shape index (κ2) is 11.7. The molecule has 0 amide bonds. The maximum Gasteiger partial charge on any atom is 0.0819 e. The Morgan fingerprint density at radius 1 is 0.342 bits per heavy atom. The number of benzene rings is 5. The summed E-state index contributed by atoms with van der Waals surface area (Å²) in [6.45, 7) is 9.74. The molecule has 4 heteroatoms. The lowest BCUT2D eigenvalue weighted by molar-refractivity contribution is 1.27. The molecule has 0 heterocycles. The van der Waals surface area contributed by atoms with Gasteiger partial charge in [-0.05, 0) is 71.0 Å². The van der Waals surface area contributed by atoms with Gasteiger partial charge >= 0.3 is 0 Å². The van der Waals surface area contributed by atoms with Gasteiger partial charge in [-0.1, -0.05) is 99.0 Å². The van der Waals surface area contributed by atoms with Gasteiger partial charge in [0.1, 0.15) is 0 Å². The molecule has 188 valence electrons. The van der Waals surface area contributed by atoms with Crippen LogP contribution >= 0.6 is 0 Å². The van der Waals surface area contributed by atoms with Gasteiger partial charge in [0.25, 0.3) is 0 Å². The molecule has 0 atom stereocenters. The van der Waals surface area contributed by atoms with E-state index in [0.29, 0.717) is 0 Å². The van der Waals surface area contributed by atoms with Gasteiger partial charge in [0.15, 0.2) is 0 Å². The molecule has 0 aliphatic heterocycles. The van der Waals surface area contributed by atoms with Crippen molar-refractivity contribution in [2.45, 2.75) is 26.2 Å². The summed E-state index contributed by atoms with van der Waals surface area (Å²) in [6.07, 6.45) is 0. The first-order valence-electron chi connectivity index (χ1n) is 13.1. The fraction of sp³-hybridized carbons (Fsp3) is 0.118. The molecule has 0 fully saturated rings. The molecule has 0 aliphatic rings. The van der Waals surface area contributed by atoms with E-state index < -0.39 is 17.6 Å². The van der Waals surface area contributed by atoms with E-state index in [1.54, 1.807) is 0 Å². The van der Waals surface area contributed by atoms with Gasteiger partial charge in [0, 0.05) is 34.1 Å². The number of para-hydroxylation sites is 4. The van der Waals surface area contributed by atoms with E-state index in [0.717, 1.165) is 0 Å². The minimum Gasteiger partial charge on any atom is -0.311 e. The van der Waals surface area contributed by atoms with Gasteiger partial charge in [0.2, 0.25) is 0 Å². The Labute approximate surface area is 231 Å². The molecule has 0 unspecified atom stereocenters. The first-order chi connectivity index (χ1) is 18.6. The van der Waals surface area contributed by atoms with Crippen molar-refractivity contribution in [1.82, 2.24) is 0 Å². The van der Waals surface area contributed by atoms with E-state index in [-0.39, 0.29) is 0 Å². The average Bonchev–Trinajstić information content (AvgIpc) is 2.96. The second-order valence-corrected chi connectivity index (χ2v) is 14.9. The standard InChI is InChI=1S/C34H34N2Si2/c1-37(2)33-31(35(27-17-9-5-10-18-27)28-19-11-6-12-20-28)25-26-32(34(33)38(3)4)36(29-21-13-7-14-22-29)30-23-15-8-16-24-30/h5-26H,1-4H3. The van der Waals surface area contributed by atoms with Crippen LogP contribution in [0.4, 0.5) is 34.1 Å². The first kappa shape index (κ1) is 25.8. The molecule has 0 spiro atoms. The summed E-state index contributed by atoms with van der Waals surface area (Å²) in [6, 6.07) is 47.8. The Balaban J connectivity index is 1.80. The van der Waals surface area contributed by atoms with Gasteiger partial charge < -0.3 is 9.80 Å². The molecule has 5 rings (SSSR count). The summed E-state index contributed by atoms with van der Waals surface area (Å²) >= 11 is 0. The molecule has 0 aliphatic carbocycles. The van der Waals surface area contributed by atoms with E-state index in [9.17, 15) is 0 Å². The van der Waals surface area contributed by atoms with E-state index in [1.807, 2.05) is 0 Å². The molecule has 2 radical (unpaired) electrons. The van der Waals surface area contributed by atoms with Crippen molar-refractivity contribution < 1.29 is 0 Å². The molecule has 5 aromatic rings. The smallest absolute Gasteiger partial charge is 0.0819 e. The maximum atomic E-state index is 2.44. The van der Waals surface area contributed by atoms with Crippen molar-refractivity contribution in [2.24, 2.45) is 0 Å². The SMILES string of the molecule is C[Si](C)c1c(N(c2ccccc2)c2ccccc2)ccc(N(c2ccccc2)c2ccccc2)c1[Si](C)C. The molecule has 2 nitrogen and oxygen atoms in total. The van der Waals surface area contributed by atoms with E-state index in [2.05, 4.69) is 169 Å². The summed E-state index contributed by atoms with van der Waals surface area (Å²) < 4.78 is 0. The topological polar surface area (TPSA) is 6.48 Å². The number of hydrogen-bond acceptors (Lipinski definition) is 2. The van der Waals surface area contributed by atoms with Gasteiger partial charge in [-0.3, -0.25) is 0 Å². The van der Waals surface area contributed by atoms with Crippen molar-refractivity contribution in [2.75, 3.05) is 9.80 Å². The fourth-order valence-electron chi connectivity index (χ4n) is 5.13. The zero-order valence-electron chi connectivity index (χ0n) is 22.6.